The summed E-state index contributed by atoms with van der Waals surface area (Å²) in [5, 5.41) is 6.59. The monoisotopic (exact) mass is 346 g/mol. The molecule has 1 aliphatic heterocycles. The normalized spacial score (nSPS) is 13.3. The fourth-order valence-electron chi connectivity index (χ4n) is 3.66. The fraction of sp³-hybridized carbons (Fsp3) is 0.150. The predicted octanol–water partition coefficient (Wildman–Crippen LogP) is 4.76. The van der Waals surface area contributed by atoms with Gasteiger partial charge in [0, 0.05) is 35.6 Å². The first-order valence-corrected chi connectivity index (χ1v) is 8.75. The van der Waals surface area contributed by atoms with Crippen LogP contribution in [0.25, 0.3) is 33.4 Å². The summed E-state index contributed by atoms with van der Waals surface area (Å²) >= 11 is 6.37. The molecular weight excluding hydrogens is 332 g/mol. The molecule has 4 aromatic rings. The van der Waals surface area contributed by atoms with Crippen LogP contribution >= 0.6 is 11.6 Å². The van der Waals surface area contributed by atoms with Gasteiger partial charge in [-0.3, -0.25) is 14.6 Å². The van der Waals surface area contributed by atoms with Crippen LogP contribution in [0.1, 0.15) is 12.1 Å². The zero-order chi connectivity index (χ0) is 16.8. The first-order valence-electron chi connectivity index (χ1n) is 8.37. The van der Waals surface area contributed by atoms with Crippen molar-refractivity contribution in [1.29, 1.82) is 0 Å². The lowest BCUT2D eigenvalue weighted by Crippen LogP contribution is -1.94. The van der Waals surface area contributed by atoms with Crippen LogP contribution in [0, 0.1) is 0 Å². The van der Waals surface area contributed by atoms with Crippen molar-refractivity contribution in [1.82, 2.24) is 19.7 Å². The average Bonchev–Trinajstić information content (AvgIpc) is 3.24. The number of aromatic nitrogens is 4. The number of benzene rings is 1. The fourth-order valence-corrected chi connectivity index (χ4v) is 3.88. The molecule has 0 radical (unpaired) electrons. The molecule has 5 heteroatoms. The van der Waals surface area contributed by atoms with Crippen molar-refractivity contribution in [2.24, 2.45) is 0 Å². The van der Waals surface area contributed by atoms with E-state index in [0.717, 1.165) is 52.8 Å². The molecule has 0 spiro atoms. The van der Waals surface area contributed by atoms with Gasteiger partial charge in [-0.1, -0.05) is 29.8 Å². The Bertz CT molecular complexity index is 1090. The minimum Gasteiger partial charge on any atom is -0.268 e. The highest BCUT2D eigenvalue weighted by Crippen LogP contribution is 2.40. The molecule has 3 aromatic heterocycles. The van der Waals surface area contributed by atoms with Crippen molar-refractivity contribution < 1.29 is 0 Å². The molecule has 5 rings (SSSR count). The minimum atomic E-state index is 0.669. The molecule has 0 saturated carbocycles. The SMILES string of the molecule is Clc1cccc2c(-c3c(-c4ccccn4)nn4c3CCC4)ccnc12. The number of aryl methyl sites for hydroxylation is 1. The summed E-state index contributed by atoms with van der Waals surface area (Å²) in [5.41, 5.74) is 6.20. The summed E-state index contributed by atoms with van der Waals surface area (Å²) in [6.45, 7) is 0.957. The van der Waals surface area contributed by atoms with E-state index in [1.54, 1.807) is 0 Å². The lowest BCUT2D eigenvalue weighted by atomic mass is 9.97. The molecule has 0 saturated heterocycles. The van der Waals surface area contributed by atoms with Crippen LogP contribution in [0.2, 0.25) is 5.02 Å². The number of halogens is 1. The van der Waals surface area contributed by atoms with Gasteiger partial charge in [0.1, 0.15) is 5.69 Å². The van der Waals surface area contributed by atoms with Crippen molar-refractivity contribution in [3.8, 4) is 22.5 Å². The van der Waals surface area contributed by atoms with Crippen LogP contribution in [-0.2, 0) is 13.0 Å². The largest absolute Gasteiger partial charge is 0.268 e. The Labute approximate surface area is 150 Å². The van der Waals surface area contributed by atoms with Crippen molar-refractivity contribution in [3.05, 3.63) is 65.6 Å². The van der Waals surface area contributed by atoms with Gasteiger partial charge in [0.15, 0.2) is 0 Å². The Morgan fingerprint density at radius 2 is 1.92 bits per heavy atom. The summed E-state index contributed by atoms with van der Waals surface area (Å²) in [5.74, 6) is 0. The molecule has 0 fully saturated rings. The van der Waals surface area contributed by atoms with Crippen LogP contribution in [0.15, 0.2) is 54.9 Å². The molecular formula is C20H15ClN4. The van der Waals surface area contributed by atoms with E-state index in [1.165, 1.54) is 5.69 Å². The molecule has 0 aliphatic carbocycles. The molecule has 0 atom stereocenters. The van der Waals surface area contributed by atoms with E-state index >= 15 is 0 Å². The van der Waals surface area contributed by atoms with Gasteiger partial charge in [0.2, 0.25) is 0 Å². The lowest BCUT2D eigenvalue weighted by Gasteiger charge is -2.09. The van der Waals surface area contributed by atoms with Gasteiger partial charge >= 0.3 is 0 Å². The van der Waals surface area contributed by atoms with Crippen molar-refractivity contribution >= 4 is 22.5 Å². The maximum Gasteiger partial charge on any atom is 0.119 e. The number of hydrogen-bond donors (Lipinski definition) is 0. The van der Waals surface area contributed by atoms with Crippen molar-refractivity contribution in [2.45, 2.75) is 19.4 Å². The highest BCUT2D eigenvalue weighted by atomic mass is 35.5. The van der Waals surface area contributed by atoms with E-state index in [4.69, 9.17) is 16.7 Å². The molecule has 0 amide bonds. The zero-order valence-electron chi connectivity index (χ0n) is 13.5. The van der Waals surface area contributed by atoms with Gasteiger partial charge in [-0.15, -0.1) is 0 Å². The molecule has 4 nitrogen and oxygen atoms in total. The first-order chi connectivity index (χ1) is 12.3. The summed E-state index contributed by atoms with van der Waals surface area (Å²) in [6.07, 6.45) is 5.79. The van der Waals surface area contributed by atoms with E-state index in [9.17, 15) is 0 Å². The maximum absolute atomic E-state index is 6.37. The smallest absolute Gasteiger partial charge is 0.119 e. The maximum atomic E-state index is 6.37. The molecule has 122 valence electrons. The van der Waals surface area contributed by atoms with Crippen LogP contribution in [-0.4, -0.2) is 19.7 Å². The van der Waals surface area contributed by atoms with Crippen LogP contribution in [0.3, 0.4) is 0 Å². The summed E-state index contributed by atoms with van der Waals surface area (Å²) in [7, 11) is 0. The standard InChI is InChI=1S/C20H15ClN4/c21-15-6-3-5-14-13(9-11-23-19(14)15)18-17-8-4-12-25(17)24-20(18)16-7-1-2-10-22-16/h1-3,5-7,9-11H,4,8,12H2. The molecule has 25 heavy (non-hydrogen) atoms. The summed E-state index contributed by atoms with van der Waals surface area (Å²) in [6, 6.07) is 13.9. The van der Waals surface area contributed by atoms with Gasteiger partial charge in [-0.05, 0) is 42.7 Å². The quantitative estimate of drug-likeness (QED) is 0.525. The summed E-state index contributed by atoms with van der Waals surface area (Å²) < 4.78 is 2.12. The van der Waals surface area contributed by atoms with Crippen LogP contribution in [0.4, 0.5) is 0 Å². The van der Waals surface area contributed by atoms with E-state index < -0.39 is 0 Å². The van der Waals surface area contributed by atoms with E-state index in [2.05, 4.69) is 26.8 Å². The van der Waals surface area contributed by atoms with Gasteiger partial charge in [-0.25, -0.2) is 0 Å². The van der Waals surface area contributed by atoms with Crippen LogP contribution < -0.4 is 0 Å². The zero-order valence-corrected chi connectivity index (χ0v) is 14.2. The average molecular weight is 347 g/mol. The van der Waals surface area contributed by atoms with Crippen LogP contribution in [0.5, 0.6) is 0 Å². The van der Waals surface area contributed by atoms with Gasteiger partial charge in [-0.2, -0.15) is 5.10 Å². The topological polar surface area (TPSA) is 43.6 Å². The molecule has 0 unspecified atom stereocenters. The van der Waals surface area contributed by atoms with Gasteiger partial charge in [0.25, 0.3) is 0 Å². The molecule has 0 N–H and O–H groups in total. The molecule has 0 bridgehead atoms. The number of nitrogens with zero attached hydrogens (tertiary/aromatic N) is 4. The Hall–Kier alpha value is -2.72. The predicted molar refractivity (Wildman–Crippen MR) is 99.5 cm³/mol. The molecule has 1 aromatic carbocycles. The number of pyridine rings is 2. The molecule has 1 aliphatic rings. The third-order valence-corrected chi connectivity index (χ3v) is 5.04. The second-order valence-electron chi connectivity index (χ2n) is 6.21. The lowest BCUT2D eigenvalue weighted by molar-refractivity contribution is 0.658. The van der Waals surface area contributed by atoms with E-state index in [-0.39, 0.29) is 0 Å². The Morgan fingerprint density at radius 3 is 2.80 bits per heavy atom. The first kappa shape index (κ1) is 14.6. The van der Waals surface area contributed by atoms with Crippen molar-refractivity contribution in [3.63, 3.8) is 0 Å². The third-order valence-electron chi connectivity index (χ3n) is 4.74. The second kappa shape index (κ2) is 5.67. The van der Waals surface area contributed by atoms with E-state index in [1.807, 2.05) is 42.7 Å². The van der Waals surface area contributed by atoms with Crippen molar-refractivity contribution in [2.75, 3.05) is 0 Å². The Balaban J connectivity index is 1.85. The highest BCUT2D eigenvalue weighted by molar-refractivity contribution is 6.35. The van der Waals surface area contributed by atoms with E-state index in [0.29, 0.717) is 5.02 Å². The number of hydrogen-bond acceptors (Lipinski definition) is 3. The minimum absolute atomic E-state index is 0.669. The Kier molecular flexibility index (Phi) is 3.31. The van der Waals surface area contributed by atoms with Gasteiger partial charge in [0.05, 0.1) is 16.2 Å². The van der Waals surface area contributed by atoms with Gasteiger partial charge < -0.3 is 0 Å². The second-order valence-corrected chi connectivity index (χ2v) is 6.61. The number of para-hydroxylation sites is 1. The number of fused-ring (bicyclic) bond motifs is 2. The highest BCUT2D eigenvalue weighted by Gasteiger charge is 2.25. The Morgan fingerprint density at radius 1 is 0.960 bits per heavy atom. The summed E-state index contributed by atoms with van der Waals surface area (Å²) in [4.78, 5) is 9.00. The molecule has 4 heterocycles. The number of rotatable bonds is 2. The third kappa shape index (κ3) is 2.25.